The normalized spacial score (nSPS) is 25.1. The number of urea groups is 1. The second kappa shape index (κ2) is 7.59. The number of nitrogens with one attached hydrogen (secondary N) is 3. The van der Waals surface area contributed by atoms with Gasteiger partial charge in [0.2, 0.25) is 5.91 Å². The van der Waals surface area contributed by atoms with Gasteiger partial charge < -0.3 is 10.6 Å². The molecule has 0 aromatic carbocycles. The average molecular weight is 282 g/mol. The zero-order valence-electron chi connectivity index (χ0n) is 12.3. The molecular formula is C14H26N4O2. The molecular weight excluding hydrogens is 256 g/mol. The lowest BCUT2D eigenvalue weighted by atomic mass is 9.96. The minimum atomic E-state index is -0.343. The standard InChI is InChI=1S/C14H26N4O2/c1-11-9-18(8-7-15-11)10-13(19)17-14(20)16-12-5-3-2-4-6-12/h11-12,15H,2-10H2,1H3,(H2,16,17,19,20)/t11-/m0/s1. The van der Waals surface area contributed by atoms with Gasteiger partial charge in [-0.2, -0.15) is 0 Å². The first-order valence-corrected chi connectivity index (χ1v) is 7.69. The molecule has 0 radical (unpaired) electrons. The van der Waals surface area contributed by atoms with E-state index < -0.39 is 0 Å². The number of carbonyl (C=O) groups excluding carboxylic acids is 2. The van der Waals surface area contributed by atoms with E-state index in [1.165, 1.54) is 6.42 Å². The number of imide groups is 1. The van der Waals surface area contributed by atoms with E-state index in [2.05, 4.69) is 27.8 Å². The summed E-state index contributed by atoms with van der Waals surface area (Å²) >= 11 is 0. The third-order valence-corrected chi connectivity index (χ3v) is 4.01. The molecule has 1 aliphatic carbocycles. The minimum Gasteiger partial charge on any atom is -0.335 e. The van der Waals surface area contributed by atoms with E-state index >= 15 is 0 Å². The lowest BCUT2D eigenvalue weighted by Gasteiger charge is -2.31. The molecule has 0 spiro atoms. The SMILES string of the molecule is C[C@H]1CN(CC(=O)NC(=O)NC2CCCCC2)CCN1. The summed E-state index contributed by atoms with van der Waals surface area (Å²) in [6.45, 7) is 4.98. The van der Waals surface area contributed by atoms with Crippen LogP contribution in [0.25, 0.3) is 0 Å². The molecule has 6 heteroatoms. The van der Waals surface area contributed by atoms with Crippen molar-refractivity contribution in [2.75, 3.05) is 26.2 Å². The van der Waals surface area contributed by atoms with Crippen molar-refractivity contribution in [3.63, 3.8) is 0 Å². The summed E-state index contributed by atoms with van der Waals surface area (Å²) in [4.78, 5) is 25.7. The van der Waals surface area contributed by atoms with Crippen molar-refractivity contribution in [1.82, 2.24) is 20.9 Å². The van der Waals surface area contributed by atoms with E-state index in [1.807, 2.05) is 0 Å². The van der Waals surface area contributed by atoms with Gasteiger partial charge in [0.15, 0.2) is 0 Å². The van der Waals surface area contributed by atoms with E-state index in [9.17, 15) is 9.59 Å². The molecule has 0 bridgehead atoms. The Bertz CT molecular complexity index is 342. The van der Waals surface area contributed by atoms with Gasteiger partial charge >= 0.3 is 6.03 Å². The highest BCUT2D eigenvalue weighted by molar-refractivity contribution is 5.95. The maximum atomic E-state index is 11.8. The summed E-state index contributed by atoms with van der Waals surface area (Å²) in [5.74, 6) is -0.215. The van der Waals surface area contributed by atoms with Crippen LogP contribution in [0.1, 0.15) is 39.0 Å². The molecule has 0 unspecified atom stereocenters. The summed E-state index contributed by atoms with van der Waals surface area (Å²) in [5, 5.41) is 8.66. The van der Waals surface area contributed by atoms with E-state index in [0.29, 0.717) is 12.6 Å². The first kappa shape index (κ1) is 15.3. The summed E-state index contributed by atoms with van der Waals surface area (Å²) in [6.07, 6.45) is 5.63. The highest BCUT2D eigenvalue weighted by Gasteiger charge is 2.20. The Morgan fingerprint density at radius 3 is 2.70 bits per heavy atom. The molecule has 1 saturated heterocycles. The number of hydrogen-bond acceptors (Lipinski definition) is 4. The van der Waals surface area contributed by atoms with Gasteiger partial charge in [0, 0.05) is 31.7 Å². The van der Waals surface area contributed by atoms with Gasteiger partial charge in [0.1, 0.15) is 0 Å². The monoisotopic (exact) mass is 282 g/mol. The number of hydrogen-bond donors (Lipinski definition) is 3. The van der Waals surface area contributed by atoms with Gasteiger partial charge in [0.05, 0.1) is 6.54 Å². The Hall–Kier alpha value is -1.14. The molecule has 1 aliphatic heterocycles. The zero-order chi connectivity index (χ0) is 14.4. The summed E-state index contributed by atoms with van der Waals surface area (Å²) in [6, 6.07) is 0.286. The van der Waals surface area contributed by atoms with Crippen molar-refractivity contribution in [3.8, 4) is 0 Å². The predicted octanol–water partition coefficient (Wildman–Crippen LogP) is 0.439. The van der Waals surface area contributed by atoms with E-state index in [0.717, 1.165) is 45.3 Å². The van der Waals surface area contributed by atoms with Gasteiger partial charge in [-0.15, -0.1) is 0 Å². The molecule has 2 aliphatic rings. The van der Waals surface area contributed by atoms with Crippen LogP contribution in [-0.4, -0.2) is 55.1 Å². The maximum absolute atomic E-state index is 11.8. The van der Waals surface area contributed by atoms with Crippen LogP contribution in [-0.2, 0) is 4.79 Å². The second-order valence-corrected chi connectivity index (χ2v) is 5.95. The molecule has 1 heterocycles. The smallest absolute Gasteiger partial charge is 0.321 e. The lowest BCUT2D eigenvalue weighted by Crippen LogP contribution is -2.53. The average Bonchev–Trinajstić information content (AvgIpc) is 2.39. The lowest BCUT2D eigenvalue weighted by molar-refractivity contribution is -0.121. The maximum Gasteiger partial charge on any atom is 0.321 e. The molecule has 1 atom stereocenters. The molecule has 0 aromatic rings. The van der Waals surface area contributed by atoms with Crippen LogP contribution in [0.5, 0.6) is 0 Å². The summed E-state index contributed by atoms with van der Waals surface area (Å²) < 4.78 is 0. The van der Waals surface area contributed by atoms with Crippen molar-refractivity contribution in [1.29, 1.82) is 0 Å². The van der Waals surface area contributed by atoms with Crippen LogP contribution < -0.4 is 16.0 Å². The van der Waals surface area contributed by atoms with E-state index in [1.54, 1.807) is 0 Å². The van der Waals surface area contributed by atoms with Crippen LogP contribution in [0.2, 0.25) is 0 Å². The van der Waals surface area contributed by atoms with Gasteiger partial charge in [-0.05, 0) is 19.8 Å². The zero-order valence-corrected chi connectivity index (χ0v) is 12.3. The largest absolute Gasteiger partial charge is 0.335 e. The number of carbonyl (C=O) groups is 2. The minimum absolute atomic E-state index is 0.215. The molecule has 1 saturated carbocycles. The first-order chi connectivity index (χ1) is 9.63. The molecule has 0 aromatic heterocycles. The van der Waals surface area contributed by atoms with Crippen molar-refractivity contribution in [2.24, 2.45) is 0 Å². The summed E-state index contributed by atoms with van der Waals surface area (Å²) in [7, 11) is 0. The molecule has 2 rings (SSSR count). The van der Waals surface area contributed by atoms with Crippen LogP contribution in [0.4, 0.5) is 4.79 Å². The molecule has 114 valence electrons. The predicted molar refractivity (Wildman–Crippen MR) is 77.5 cm³/mol. The van der Waals surface area contributed by atoms with Crippen molar-refractivity contribution in [3.05, 3.63) is 0 Å². The Labute approximate surface area is 120 Å². The van der Waals surface area contributed by atoms with E-state index in [4.69, 9.17) is 0 Å². The second-order valence-electron chi connectivity index (χ2n) is 5.95. The number of amides is 3. The third-order valence-electron chi connectivity index (χ3n) is 4.01. The Balaban J connectivity index is 1.66. The molecule has 20 heavy (non-hydrogen) atoms. The van der Waals surface area contributed by atoms with Gasteiger partial charge in [0.25, 0.3) is 0 Å². The van der Waals surface area contributed by atoms with Crippen molar-refractivity contribution < 1.29 is 9.59 Å². The summed E-state index contributed by atoms with van der Waals surface area (Å²) in [5.41, 5.74) is 0. The molecule has 3 amide bonds. The number of piperazine rings is 1. The van der Waals surface area contributed by atoms with Crippen LogP contribution >= 0.6 is 0 Å². The molecule has 6 nitrogen and oxygen atoms in total. The highest BCUT2D eigenvalue weighted by Crippen LogP contribution is 2.17. The first-order valence-electron chi connectivity index (χ1n) is 7.69. The van der Waals surface area contributed by atoms with E-state index in [-0.39, 0.29) is 18.0 Å². The van der Waals surface area contributed by atoms with Gasteiger partial charge in [-0.1, -0.05) is 19.3 Å². The topological polar surface area (TPSA) is 73.5 Å². The van der Waals surface area contributed by atoms with Crippen molar-refractivity contribution in [2.45, 2.75) is 51.1 Å². The van der Waals surface area contributed by atoms with Gasteiger partial charge in [-0.3, -0.25) is 15.0 Å². The quantitative estimate of drug-likeness (QED) is 0.702. The van der Waals surface area contributed by atoms with Gasteiger partial charge in [-0.25, -0.2) is 4.79 Å². The fourth-order valence-corrected chi connectivity index (χ4v) is 2.99. The molecule has 2 fully saturated rings. The van der Waals surface area contributed by atoms with Crippen LogP contribution in [0.3, 0.4) is 0 Å². The van der Waals surface area contributed by atoms with Crippen LogP contribution in [0.15, 0.2) is 0 Å². The van der Waals surface area contributed by atoms with Crippen molar-refractivity contribution >= 4 is 11.9 Å². The van der Waals surface area contributed by atoms with Crippen LogP contribution in [0, 0.1) is 0 Å². The fraction of sp³-hybridized carbons (Fsp3) is 0.857. The third kappa shape index (κ3) is 5.09. The number of nitrogens with zero attached hydrogens (tertiary/aromatic N) is 1. The Morgan fingerprint density at radius 2 is 2.00 bits per heavy atom. The Kier molecular flexibility index (Phi) is 5.79. The Morgan fingerprint density at radius 1 is 1.25 bits per heavy atom. The highest BCUT2D eigenvalue weighted by atomic mass is 16.2. The molecule has 3 N–H and O–H groups in total. The fourth-order valence-electron chi connectivity index (χ4n) is 2.99. The number of rotatable bonds is 3.